The molecule has 4 nitrogen and oxygen atoms in total. The van der Waals surface area contributed by atoms with Crippen molar-refractivity contribution in [3.8, 4) is 11.5 Å². The van der Waals surface area contributed by atoms with E-state index in [4.69, 9.17) is 16.3 Å². The maximum absolute atomic E-state index is 12.4. The number of ether oxygens (including phenoxy) is 2. The van der Waals surface area contributed by atoms with Crippen LogP contribution in [-0.2, 0) is 0 Å². The summed E-state index contributed by atoms with van der Waals surface area (Å²) in [5.41, 5.74) is 1.83. The van der Waals surface area contributed by atoms with Gasteiger partial charge in [0.15, 0.2) is 0 Å². The fourth-order valence-electron chi connectivity index (χ4n) is 3.25. The van der Waals surface area contributed by atoms with Crippen molar-refractivity contribution in [1.29, 1.82) is 0 Å². The van der Waals surface area contributed by atoms with E-state index >= 15 is 0 Å². The Morgan fingerprint density at radius 2 is 1.67 bits per heavy atom. The lowest BCUT2D eigenvalue weighted by atomic mass is 9.96. The minimum atomic E-state index is -4.71. The Morgan fingerprint density at radius 1 is 1.04 bits per heavy atom. The number of piperazine rings is 1. The van der Waals surface area contributed by atoms with Crippen molar-refractivity contribution in [3.05, 3.63) is 58.6 Å². The molecular formula is C19H20ClF3N2O2. The molecule has 27 heavy (non-hydrogen) atoms. The minimum Gasteiger partial charge on any atom is -0.495 e. The molecule has 0 amide bonds. The molecule has 1 heterocycles. The summed E-state index contributed by atoms with van der Waals surface area (Å²) >= 11 is 6.14. The van der Waals surface area contributed by atoms with Crippen LogP contribution in [0.2, 0.25) is 5.02 Å². The van der Waals surface area contributed by atoms with E-state index in [1.54, 1.807) is 25.3 Å². The Bertz CT molecular complexity index is 763. The molecular weight excluding hydrogens is 381 g/mol. The Kier molecular flexibility index (Phi) is 6.14. The van der Waals surface area contributed by atoms with E-state index in [1.165, 1.54) is 12.1 Å². The van der Waals surface area contributed by atoms with Crippen molar-refractivity contribution in [3.63, 3.8) is 0 Å². The molecule has 0 aromatic heterocycles. The van der Waals surface area contributed by atoms with Gasteiger partial charge in [0.25, 0.3) is 0 Å². The van der Waals surface area contributed by atoms with Crippen LogP contribution in [0.1, 0.15) is 17.2 Å². The van der Waals surface area contributed by atoms with E-state index in [9.17, 15) is 13.2 Å². The summed E-state index contributed by atoms with van der Waals surface area (Å²) in [7, 11) is 1.55. The predicted octanol–water partition coefficient (Wildman–Crippen LogP) is 4.24. The Balaban J connectivity index is 1.95. The molecule has 1 atom stereocenters. The van der Waals surface area contributed by atoms with Crippen molar-refractivity contribution in [1.82, 2.24) is 10.2 Å². The molecule has 2 aromatic carbocycles. The number of nitrogens with zero attached hydrogens (tertiary/aromatic N) is 1. The maximum atomic E-state index is 12.4. The summed E-state index contributed by atoms with van der Waals surface area (Å²) in [5.74, 6) is 0.324. The van der Waals surface area contributed by atoms with Crippen LogP contribution in [0, 0.1) is 0 Å². The topological polar surface area (TPSA) is 33.7 Å². The molecule has 2 aromatic rings. The van der Waals surface area contributed by atoms with Crippen LogP contribution in [0.25, 0.3) is 0 Å². The summed E-state index contributed by atoms with van der Waals surface area (Å²) < 4.78 is 46.5. The van der Waals surface area contributed by atoms with Crippen molar-refractivity contribution in [2.24, 2.45) is 0 Å². The lowest BCUT2D eigenvalue weighted by Gasteiger charge is -2.35. The molecule has 146 valence electrons. The zero-order valence-corrected chi connectivity index (χ0v) is 15.5. The third kappa shape index (κ3) is 5.06. The molecule has 1 aliphatic rings. The van der Waals surface area contributed by atoms with E-state index in [0.29, 0.717) is 10.8 Å². The smallest absolute Gasteiger partial charge is 0.495 e. The maximum Gasteiger partial charge on any atom is 0.573 e. The van der Waals surface area contributed by atoms with E-state index in [2.05, 4.69) is 15.0 Å². The SMILES string of the molecule is COc1cc([C@@H](c2ccc(OC(F)(F)F)cc2)N2CCNCC2)ccc1Cl. The number of rotatable bonds is 5. The van der Waals surface area contributed by atoms with Crippen molar-refractivity contribution < 1.29 is 22.6 Å². The first-order valence-electron chi connectivity index (χ1n) is 8.51. The van der Waals surface area contributed by atoms with Gasteiger partial charge in [0.1, 0.15) is 11.5 Å². The Morgan fingerprint density at radius 3 is 2.26 bits per heavy atom. The first-order chi connectivity index (χ1) is 12.9. The van der Waals surface area contributed by atoms with Gasteiger partial charge in [0.05, 0.1) is 18.2 Å². The van der Waals surface area contributed by atoms with Gasteiger partial charge in [0, 0.05) is 26.2 Å². The predicted molar refractivity (Wildman–Crippen MR) is 97.4 cm³/mol. The number of benzene rings is 2. The largest absolute Gasteiger partial charge is 0.573 e. The third-order valence-corrected chi connectivity index (χ3v) is 4.75. The summed E-state index contributed by atoms with van der Waals surface area (Å²) in [6.07, 6.45) is -4.71. The molecule has 1 fully saturated rings. The monoisotopic (exact) mass is 400 g/mol. The quantitative estimate of drug-likeness (QED) is 0.814. The van der Waals surface area contributed by atoms with Gasteiger partial charge in [0.2, 0.25) is 0 Å². The average Bonchev–Trinajstić information content (AvgIpc) is 2.64. The molecule has 0 saturated carbocycles. The average molecular weight is 401 g/mol. The Hall–Kier alpha value is -1.96. The van der Waals surface area contributed by atoms with Crippen molar-refractivity contribution in [2.45, 2.75) is 12.4 Å². The lowest BCUT2D eigenvalue weighted by molar-refractivity contribution is -0.274. The number of methoxy groups -OCH3 is 1. The van der Waals surface area contributed by atoms with Gasteiger partial charge in [-0.1, -0.05) is 29.8 Å². The van der Waals surface area contributed by atoms with Gasteiger partial charge in [-0.15, -0.1) is 13.2 Å². The van der Waals surface area contributed by atoms with Gasteiger partial charge < -0.3 is 14.8 Å². The van der Waals surface area contributed by atoms with Crippen LogP contribution in [0.4, 0.5) is 13.2 Å². The molecule has 0 aliphatic carbocycles. The first-order valence-corrected chi connectivity index (χ1v) is 8.89. The summed E-state index contributed by atoms with van der Waals surface area (Å²) in [4.78, 5) is 2.28. The van der Waals surface area contributed by atoms with E-state index < -0.39 is 6.36 Å². The van der Waals surface area contributed by atoms with Crippen LogP contribution in [-0.4, -0.2) is 44.6 Å². The molecule has 1 saturated heterocycles. The van der Waals surface area contributed by atoms with Gasteiger partial charge >= 0.3 is 6.36 Å². The van der Waals surface area contributed by atoms with Crippen LogP contribution >= 0.6 is 11.6 Å². The second-order valence-electron chi connectivity index (χ2n) is 6.20. The molecule has 0 spiro atoms. The molecule has 0 radical (unpaired) electrons. The molecule has 0 unspecified atom stereocenters. The van der Waals surface area contributed by atoms with Crippen LogP contribution in [0.5, 0.6) is 11.5 Å². The number of hydrogen-bond donors (Lipinski definition) is 1. The summed E-state index contributed by atoms with van der Waals surface area (Å²) in [6, 6.07) is 11.4. The number of nitrogens with one attached hydrogen (secondary N) is 1. The second kappa shape index (κ2) is 8.37. The van der Waals surface area contributed by atoms with Gasteiger partial charge in [-0.3, -0.25) is 4.90 Å². The van der Waals surface area contributed by atoms with Crippen molar-refractivity contribution >= 4 is 11.6 Å². The molecule has 0 bridgehead atoms. The highest BCUT2D eigenvalue weighted by Gasteiger charge is 2.31. The summed E-state index contributed by atoms with van der Waals surface area (Å²) in [5, 5.41) is 3.82. The van der Waals surface area contributed by atoms with Gasteiger partial charge in [-0.05, 0) is 35.4 Å². The van der Waals surface area contributed by atoms with E-state index in [1.807, 2.05) is 12.1 Å². The highest BCUT2D eigenvalue weighted by atomic mass is 35.5. The van der Waals surface area contributed by atoms with E-state index in [-0.39, 0.29) is 11.8 Å². The fraction of sp³-hybridized carbons (Fsp3) is 0.368. The summed E-state index contributed by atoms with van der Waals surface area (Å²) in [6.45, 7) is 3.32. The van der Waals surface area contributed by atoms with Crippen molar-refractivity contribution in [2.75, 3.05) is 33.3 Å². The van der Waals surface area contributed by atoms with Gasteiger partial charge in [-0.2, -0.15) is 0 Å². The Labute approximate surface area is 160 Å². The fourth-order valence-corrected chi connectivity index (χ4v) is 3.45. The molecule has 1 N–H and O–H groups in total. The van der Waals surface area contributed by atoms with Crippen LogP contribution in [0.15, 0.2) is 42.5 Å². The second-order valence-corrected chi connectivity index (χ2v) is 6.61. The highest BCUT2D eigenvalue weighted by molar-refractivity contribution is 6.32. The highest BCUT2D eigenvalue weighted by Crippen LogP contribution is 2.35. The first kappa shape index (κ1) is 19.8. The normalized spacial score (nSPS) is 16.8. The molecule has 1 aliphatic heterocycles. The molecule has 8 heteroatoms. The number of alkyl halides is 3. The standard InChI is InChI=1S/C19H20ClF3N2O2/c1-26-17-12-14(4-7-16(17)20)18(25-10-8-24-9-11-25)13-2-5-15(6-3-13)27-19(21,22)23/h2-7,12,18,24H,8-11H2,1H3/t18-/m1/s1. The zero-order chi connectivity index (χ0) is 19.4. The zero-order valence-electron chi connectivity index (χ0n) is 14.7. The minimum absolute atomic E-state index is 0.127. The lowest BCUT2D eigenvalue weighted by Crippen LogP contribution is -2.45. The number of hydrogen-bond acceptors (Lipinski definition) is 4. The third-order valence-electron chi connectivity index (χ3n) is 4.44. The van der Waals surface area contributed by atoms with E-state index in [0.717, 1.165) is 37.3 Å². The van der Waals surface area contributed by atoms with Crippen LogP contribution < -0.4 is 14.8 Å². The van der Waals surface area contributed by atoms with Gasteiger partial charge in [-0.25, -0.2) is 0 Å². The number of halogens is 4. The molecule has 3 rings (SSSR count). The van der Waals surface area contributed by atoms with Crippen LogP contribution in [0.3, 0.4) is 0 Å².